The van der Waals surface area contributed by atoms with Crippen LogP contribution in [-0.2, 0) is 25.6 Å². The van der Waals surface area contributed by atoms with Crippen LogP contribution in [0.3, 0.4) is 0 Å². The van der Waals surface area contributed by atoms with Crippen molar-refractivity contribution in [3.63, 3.8) is 0 Å². The molecule has 0 aromatic heterocycles. The van der Waals surface area contributed by atoms with Crippen LogP contribution in [-0.4, -0.2) is 80.0 Å². The maximum absolute atomic E-state index is 14.7. The summed E-state index contributed by atoms with van der Waals surface area (Å²) < 4.78 is 78.8. The summed E-state index contributed by atoms with van der Waals surface area (Å²) >= 11 is 0. The highest BCUT2D eigenvalue weighted by molar-refractivity contribution is 8.45. The van der Waals surface area contributed by atoms with Gasteiger partial charge in [0, 0.05) is 74.3 Å². The van der Waals surface area contributed by atoms with Crippen LogP contribution in [0.4, 0.5) is 19.4 Å². The molecule has 4 bridgehead atoms. The second kappa shape index (κ2) is 20.8. The summed E-state index contributed by atoms with van der Waals surface area (Å²) in [5.74, 6) is -3.93. The van der Waals surface area contributed by atoms with Gasteiger partial charge in [0.05, 0.1) is 12.1 Å². The van der Waals surface area contributed by atoms with E-state index >= 15 is 0 Å². The van der Waals surface area contributed by atoms with E-state index in [0.29, 0.717) is 57.0 Å². The number of nitriles is 1. The first-order valence-electron chi connectivity index (χ1n) is 21.6. The average molecular weight is 955 g/mol. The van der Waals surface area contributed by atoms with Crippen molar-refractivity contribution in [3.8, 4) is 39.8 Å². The summed E-state index contributed by atoms with van der Waals surface area (Å²) in [6.07, 6.45) is -0.855. The van der Waals surface area contributed by atoms with Crippen molar-refractivity contribution in [2.24, 2.45) is 29.0 Å². The number of benzene rings is 4. The fourth-order valence-electron chi connectivity index (χ4n) is 8.04. The number of Topliss-reactive ketones (excluding diaryl/α,β-unsaturated/α-hetero) is 3. The van der Waals surface area contributed by atoms with E-state index in [1.54, 1.807) is 43.3 Å². The van der Waals surface area contributed by atoms with Crippen molar-refractivity contribution in [1.82, 2.24) is 10.2 Å². The fraction of sp³-hybridized carbons (Fsp3) is 0.375. The van der Waals surface area contributed by atoms with Gasteiger partial charge in [0.15, 0.2) is 17.3 Å². The van der Waals surface area contributed by atoms with E-state index in [2.05, 4.69) is 5.32 Å². The molecule has 0 fully saturated rings. The zero-order valence-corrected chi connectivity index (χ0v) is 38.2. The molecule has 67 heavy (non-hydrogen) atoms. The van der Waals surface area contributed by atoms with Crippen LogP contribution < -0.4 is 32.0 Å². The van der Waals surface area contributed by atoms with E-state index in [-0.39, 0.29) is 88.3 Å². The number of rotatable bonds is 18. The minimum atomic E-state index is -9.89. The van der Waals surface area contributed by atoms with Gasteiger partial charge in [0.1, 0.15) is 35.7 Å². The number of nitrogens with one attached hydrogen (secondary N) is 1. The second-order valence-corrected chi connectivity index (χ2v) is 19.0. The molecule has 2 amide bonds. The molecule has 1 aliphatic heterocycles. The predicted octanol–water partition coefficient (Wildman–Crippen LogP) is 7.91. The molecule has 0 spiro atoms. The van der Waals surface area contributed by atoms with Gasteiger partial charge in [-0.05, 0) is 90.5 Å². The SMILES string of the molecule is Cc1cc(-c2ccc(S(F)(F)(F)(F)F)cc2)ccc1C(=O)C[C@@H](CCN)C(=O)N(C)[C@@H]1C(=O)C[C@@H](C)C(=O)N[C@H](C(=O)CCC#N)Cc2ccc(OCCN)c(c2)-c2cc1ccc2OCCN. The molecule has 1 heterocycles. The number of hydrogen-bond donors (Lipinski definition) is 4. The number of nitrogens with zero attached hydrogens (tertiary/aromatic N) is 2. The number of likely N-dealkylation sites (N-methyl/N-ethyl adjacent to an activating group) is 1. The topological polar surface area (TPSA) is 221 Å². The molecule has 1 aliphatic rings. The lowest BCUT2D eigenvalue weighted by atomic mass is 9.87. The highest BCUT2D eigenvalue weighted by Crippen LogP contribution is 3.02. The average Bonchev–Trinajstić information content (AvgIpc) is 3.28. The molecule has 0 saturated carbocycles. The van der Waals surface area contributed by atoms with Crippen LogP contribution in [0, 0.1) is 30.1 Å². The van der Waals surface area contributed by atoms with Crippen molar-refractivity contribution in [2.45, 2.75) is 69.4 Å². The number of aryl methyl sites for hydroxylation is 1. The minimum absolute atomic E-state index is 0.0201. The third-order valence-corrected chi connectivity index (χ3v) is 12.6. The monoisotopic (exact) mass is 954 g/mol. The predicted molar refractivity (Wildman–Crippen MR) is 245 cm³/mol. The van der Waals surface area contributed by atoms with Crippen LogP contribution in [0.25, 0.3) is 22.3 Å². The Labute approximate surface area is 385 Å². The van der Waals surface area contributed by atoms with Gasteiger partial charge in [-0.25, -0.2) is 0 Å². The minimum Gasteiger partial charge on any atom is -0.492 e. The molecule has 5 rings (SSSR count). The third-order valence-electron chi connectivity index (χ3n) is 11.5. The molecule has 0 saturated heterocycles. The van der Waals surface area contributed by atoms with Crippen molar-refractivity contribution in [2.75, 3.05) is 39.9 Å². The first kappa shape index (κ1) is 51.8. The number of hydrogen-bond acceptors (Lipinski definition) is 11. The van der Waals surface area contributed by atoms with Crippen molar-refractivity contribution < 1.29 is 52.9 Å². The standard InChI is InChI=1S/C48H55F5N6O7S/c1-29-23-33(32-7-11-36(12-8-32)67(49,50,51,52)53)9-13-37(29)42(61)28-35(16-18-55)48(64)59(3)46-34-10-15-45(66-22-20-57)39(27-34)38-25-31(6-14-44(38)65-21-19-56)26-40(41(60)5-4-17-54)58-47(63)30(2)24-43(46)62/h6-15,23,25,27,30,35,40,46H,4-5,16,18-22,24,26,28,55-57H2,1-3H3,(H,58,63)/t30-,35-,40+,46+/m1/s1. The van der Waals surface area contributed by atoms with Gasteiger partial charge in [-0.1, -0.05) is 68.8 Å². The van der Waals surface area contributed by atoms with Crippen LogP contribution >= 0.6 is 10.2 Å². The van der Waals surface area contributed by atoms with Gasteiger partial charge in [-0.3, -0.25) is 24.0 Å². The summed E-state index contributed by atoms with van der Waals surface area (Å²) in [5.41, 5.74) is 20.6. The van der Waals surface area contributed by atoms with Gasteiger partial charge in [-0.2, -0.15) is 5.26 Å². The van der Waals surface area contributed by atoms with Crippen LogP contribution in [0.5, 0.6) is 11.5 Å². The zero-order valence-electron chi connectivity index (χ0n) is 37.4. The molecule has 7 N–H and O–H groups in total. The van der Waals surface area contributed by atoms with Crippen LogP contribution in [0.2, 0.25) is 0 Å². The fourth-order valence-corrected chi connectivity index (χ4v) is 8.69. The Balaban J connectivity index is 1.55. The van der Waals surface area contributed by atoms with Gasteiger partial charge in [0.25, 0.3) is 0 Å². The van der Waals surface area contributed by atoms with Crippen LogP contribution in [0.1, 0.15) is 72.1 Å². The van der Waals surface area contributed by atoms with E-state index in [0.717, 1.165) is 12.1 Å². The Morgan fingerprint density at radius 2 is 1.45 bits per heavy atom. The Hall–Kier alpha value is -6.20. The number of nitrogens with two attached hydrogens (primary N) is 3. The molecular formula is C48H55F5N6O7S. The molecule has 360 valence electrons. The Morgan fingerprint density at radius 1 is 0.836 bits per heavy atom. The van der Waals surface area contributed by atoms with E-state index in [9.17, 15) is 48.7 Å². The number of carbonyl (C=O) groups is 5. The number of ether oxygens (including phenoxy) is 2. The number of amides is 2. The molecule has 4 aromatic carbocycles. The summed E-state index contributed by atoms with van der Waals surface area (Å²) in [7, 11) is -8.48. The maximum atomic E-state index is 14.7. The third kappa shape index (κ3) is 13.0. The smallest absolute Gasteiger partial charge is 0.310 e. The Bertz CT molecular complexity index is 2560. The molecule has 4 atom stereocenters. The molecule has 19 heteroatoms. The van der Waals surface area contributed by atoms with E-state index in [4.69, 9.17) is 26.7 Å². The quantitative estimate of drug-likeness (QED) is 0.0554. The van der Waals surface area contributed by atoms with Crippen LogP contribution in [0.15, 0.2) is 83.8 Å². The van der Waals surface area contributed by atoms with Crippen molar-refractivity contribution in [1.29, 1.82) is 5.26 Å². The molecule has 13 nitrogen and oxygen atoms in total. The first-order valence-corrected chi connectivity index (χ1v) is 23.6. The summed E-state index contributed by atoms with van der Waals surface area (Å²) in [6.45, 7) is 3.66. The molecule has 4 aromatic rings. The van der Waals surface area contributed by atoms with Crippen molar-refractivity contribution >= 4 is 39.4 Å². The Morgan fingerprint density at radius 3 is 2.03 bits per heavy atom. The van der Waals surface area contributed by atoms with Gasteiger partial charge >= 0.3 is 10.2 Å². The normalized spacial score (nSPS) is 18.0. The lowest BCUT2D eigenvalue weighted by Gasteiger charge is -2.40. The van der Waals surface area contributed by atoms with E-state index in [1.165, 1.54) is 37.1 Å². The molecule has 0 unspecified atom stereocenters. The van der Waals surface area contributed by atoms with Gasteiger partial charge in [-0.15, -0.1) is 0 Å². The van der Waals surface area contributed by atoms with E-state index < -0.39 is 62.4 Å². The Kier molecular flexibility index (Phi) is 16.0. The lowest BCUT2D eigenvalue weighted by Crippen LogP contribution is -2.46. The number of fused-ring (bicyclic) bond motifs is 5. The number of ketones is 3. The first-order chi connectivity index (χ1) is 31.5. The molecule has 0 aliphatic carbocycles. The van der Waals surface area contributed by atoms with Crippen molar-refractivity contribution in [3.05, 3.63) is 101 Å². The maximum Gasteiger partial charge on any atom is 0.310 e. The zero-order chi connectivity index (χ0) is 49.3. The molecular weight excluding hydrogens is 900 g/mol. The number of halogens is 5. The van der Waals surface area contributed by atoms with Gasteiger partial charge in [0.2, 0.25) is 11.8 Å². The number of carbonyl (C=O) groups excluding carboxylic acids is 5. The summed E-state index contributed by atoms with van der Waals surface area (Å²) in [6, 6.07) is 16.5. The van der Waals surface area contributed by atoms with E-state index in [1.807, 2.05) is 6.07 Å². The summed E-state index contributed by atoms with van der Waals surface area (Å²) in [5, 5.41) is 12.0. The largest absolute Gasteiger partial charge is 0.492 e. The highest BCUT2D eigenvalue weighted by Gasteiger charge is 2.65. The summed E-state index contributed by atoms with van der Waals surface area (Å²) in [4.78, 5) is 69.7. The molecule has 0 radical (unpaired) electrons. The van der Waals surface area contributed by atoms with Gasteiger partial charge < -0.3 is 36.9 Å². The highest BCUT2D eigenvalue weighted by atomic mass is 32.5. The second-order valence-electron chi connectivity index (χ2n) is 16.6. The lowest BCUT2D eigenvalue weighted by molar-refractivity contribution is -0.142.